The summed E-state index contributed by atoms with van der Waals surface area (Å²) in [6.07, 6.45) is 12.9. The van der Waals surface area contributed by atoms with Crippen molar-refractivity contribution in [1.82, 2.24) is 10.2 Å². The number of likely N-dealkylation sites (tertiary alicyclic amines) is 1. The number of hydrogen-bond acceptors (Lipinski definition) is 2. The third-order valence-corrected chi connectivity index (χ3v) is 5.73. The highest BCUT2D eigenvalue weighted by Gasteiger charge is 2.39. The molecular weight excluding hydrogens is 244 g/mol. The second-order valence-electron chi connectivity index (χ2n) is 7.49. The van der Waals surface area contributed by atoms with Gasteiger partial charge in [0.05, 0.1) is 0 Å². The molecule has 0 aromatic heterocycles. The molecule has 1 aliphatic carbocycles. The zero-order valence-electron chi connectivity index (χ0n) is 14.1. The SMILES string of the molecule is CCNC(C1CCCCCC1)C(C)(C)N1CCCCC1. The van der Waals surface area contributed by atoms with E-state index < -0.39 is 0 Å². The maximum Gasteiger partial charge on any atom is 0.0308 e. The molecule has 1 aliphatic heterocycles. The molecule has 2 heteroatoms. The van der Waals surface area contributed by atoms with Crippen LogP contribution in [0.3, 0.4) is 0 Å². The van der Waals surface area contributed by atoms with E-state index in [1.807, 2.05) is 0 Å². The lowest BCUT2D eigenvalue weighted by molar-refractivity contribution is 0.0374. The molecule has 1 atom stereocenters. The summed E-state index contributed by atoms with van der Waals surface area (Å²) < 4.78 is 0. The Bertz CT molecular complexity index is 261. The molecule has 1 heterocycles. The fraction of sp³-hybridized carbons (Fsp3) is 1.00. The Labute approximate surface area is 126 Å². The zero-order valence-corrected chi connectivity index (χ0v) is 14.1. The fourth-order valence-corrected chi connectivity index (χ4v) is 4.52. The third-order valence-electron chi connectivity index (χ3n) is 5.73. The first-order valence-electron chi connectivity index (χ1n) is 9.14. The smallest absolute Gasteiger partial charge is 0.0308 e. The second-order valence-corrected chi connectivity index (χ2v) is 7.49. The largest absolute Gasteiger partial charge is 0.312 e. The molecule has 2 fully saturated rings. The summed E-state index contributed by atoms with van der Waals surface area (Å²) in [5.74, 6) is 0.884. The van der Waals surface area contributed by atoms with Gasteiger partial charge in [0, 0.05) is 11.6 Å². The van der Waals surface area contributed by atoms with Crippen LogP contribution >= 0.6 is 0 Å². The summed E-state index contributed by atoms with van der Waals surface area (Å²) in [6.45, 7) is 11.0. The summed E-state index contributed by atoms with van der Waals surface area (Å²) in [6, 6.07) is 0.670. The normalized spacial score (nSPS) is 25.4. The molecule has 2 rings (SSSR count). The molecule has 0 spiro atoms. The van der Waals surface area contributed by atoms with Crippen LogP contribution in [0, 0.1) is 5.92 Å². The first-order chi connectivity index (χ1) is 9.66. The van der Waals surface area contributed by atoms with Gasteiger partial charge in [-0.2, -0.15) is 0 Å². The predicted octanol–water partition coefficient (Wildman–Crippen LogP) is 4.20. The molecule has 0 amide bonds. The third kappa shape index (κ3) is 3.98. The summed E-state index contributed by atoms with van der Waals surface area (Å²) in [7, 11) is 0. The van der Waals surface area contributed by atoms with Crippen LogP contribution in [0.5, 0.6) is 0 Å². The van der Waals surface area contributed by atoms with Crippen molar-refractivity contribution in [3.8, 4) is 0 Å². The predicted molar refractivity (Wildman–Crippen MR) is 88.2 cm³/mol. The highest BCUT2D eigenvalue weighted by atomic mass is 15.2. The summed E-state index contributed by atoms with van der Waals surface area (Å²) >= 11 is 0. The molecule has 0 aromatic carbocycles. The first kappa shape index (κ1) is 16.3. The van der Waals surface area contributed by atoms with Crippen LogP contribution in [0.15, 0.2) is 0 Å². The van der Waals surface area contributed by atoms with Crippen molar-refractivity contribution in [2.75, 3.05) is 19.6 Å². The first-order valence-corrected chi connectivity index (χ1v) is 9.14. The van der Waals surface area contributed by atoms with Gasteiger partial charge in [0.2, 0.25) is 0 Å². The molecule has 0 radical (unpaired) electrons. The van der Waals surface area contributed by atoms with E-state index in [9.17, 15) is 0 Å². The molecule has 1 saturated carbocycles. The van der Waals surface area contributed by atoms with E-state index in [0.717, 1.165) is 12.5 Å². The van der Waals surface area contributed by atoms with Crippen molar-refractivity contribution in [3.05, 3.63) is 0 Å². The lowest BCUT2D eigenvalue weighted by Gasteiger charge is -2.49. The van der Waals surface area contributed by atoms with E-state index in [1.165, 1.54) is 70.9 Å². The number of hydrogen-bond donors (Lipinski definition) is 1. The Kier molecular flexibility index (Phi) is 6.35. The van der Waals surface area contributed by atoms with Crippen molar-refractivity contribution in [1.29, 1.82) is 0 Å². The highest BCUT2D eigenvalue weighted by molar-refractivity contribution is 4.98. The molecule has 2 aliphatic rings. The van der Waals surface area contributed by atoms with Crippen molar-refractivity contribution in [2.24, 2.45) is 5.92 Å². The van der Waals surface area contributed by atoms with Gasteiger partial charge in [-0.05, 0) is 65.1 Å². The average Bonchev–Trinajstić information content (AvgIpc) is 2.74. The summed E-state index contributed by atoms with van der Waals surface area (Å²) in [5, 5.41) is 3.88. The van der Waals surface area contributed by atoms with Gasteiger partial charge in [0.25, 0.3) is 0 Å². The van der Waals surface area contributed by atoms with E-state index in [1.54, 1.807) is 0 Å². The number of piperidine rings is 1. The van der Waals surface area contributed by atoms with E-state index >= 15 is 0 Å². The highest BCUT2D eigenvalue weighted by Crippen LogP contribution is 2.34. The van der Waals surface area contributed by atoms with Crippen molar-refractivity contribution < 1.29 is 0 Å². The van der Waals surface area contributed by atoms with Crippen molar-refractivity contribution >= 4 is 0 Å². The van der Waals surface area contributed by atoms with Gasteiger partial charge >= 0.3 is 0 Å². The molecule has 1 N–H and O–H groups in total. The quantitative estimate of drug-likeness (QED) is 0.759. The zero-order chi connectivity index (χ0) is 14.4. The van der Waals surface area contributed by atoms with Gasteiger partial charge in [0.15, 0.2) is 0 Å². The molecule has 2 nitrogen and oxygen atoms in total. The van der Waals surface area contributed by atoms with Crippen LogP contribution < -0.4 is 5.32 Å². The number of nitrogens with one attached hydrogen (secondary N) is 1. The molecule has 118 valence electrons. The van der Waals surface area contributed by atoms with Crippen molar-refractivity contribution in [2.45, 2.75) is 90.1 Å². The lowest BCUT2D eigenvalue weighted by Crippen LogP contribution is -2.61. The van der Waals surface area contributed by atoms with Gasteiger partial charge < -0.3 is 5.32 Å². The van der Waals surface area contributed by atoms with E-state index in [0.29, 0.717) is 11.6 Å². The van der Waals surface area contributed by atoms with Crippen LogP contribution in [-0.2, 0) is 0 Å². The maximum absolute atomic E-state index is 3.88. The monoisotopic (exact) mass is 280 g/mol. The van der Waals surface area contributed by atoms with Gasteiger partial charge in [0.1, 0.15) is 0 Å². The summed E-state index contributed by atoms with van der Waals surface area (Å²) in [4.78, 5) is 2.77. The Hall–Kier alpha value is -0.0800. The molecule has 0 aromatic rings. The van der Waals surface area contributed by atoms with Gasteiger partial charge in [-0.3, -0.25) is 4.90 Å². The molecular formula is C18H36N2. The minimum absolute atomic E-state index is 0.311. The van der Waals surface area contributed by atoms with Crippen LogP contribution in [0.1, 0.15) is 78.6 Å². The maximum atomic E-state index is 3.88. The Morgan fingerprint density at radius 1 is 0.950 bits per heavy atom. The second kappa shape index (κ2) is 7.79. The van der Waals surface area contributed by atoms with Crippen LogP contribution in [0.25, 0.3) is 0 Å². The molecule has 0 bridgehead atoms. The fourth-order valence-electron chi connectivity index (χ4n) is 4.52. The van der Waals surface area contributed by atoms with Crippen LogP contribution in [-0.4, -0.2) is 36.1 Å². The minimum Gasteiger partial charge on any atom is -0.312 e. The van der Waals surface area contributed by atoms with E-state index in [4.69, 9.17) is 0 Å². The van der Waals surface area contributed by atoms with E-state index in [2.05, 4.69) is 31.0 Å². The minimum atomic E-state index is 0.311. The Morgan fingerprint density at radius 3 is 2.05 bits per heavy atom. The van der Waals surface area contributed by atoms with Crippen LogP contribution in [0.4, 0.5) is 0 Å². The Balaban J connectivity index is 2.07. The van der Waals surface area contributed by atoms with Crippen molar-refractivity contribution in [3.63, 3.8) is 0 Å². The van der Waals surface area contributed by atoms with Gasteiger partial charge in [-0.25, -0.2) is 0 Å². The average molecular weight is 280 g/mol. The standard InChI is InChI=1S/C18H36N2/c1-4-19-17(16-12-8-5-6-9-13-16)18(2,3)20-14-10-7-11-15-20/h16-17,19H,4-15H2,1-3H3. The van der Waals surface area contributed by atoms with Crippen LogP contribution in [0.2, 0.25) is 0 Å². The Morgan fingerprint density at radius 2 is 1.50 bits per heavy atom. The summed E-state index contributed by atoms with van der Waals surface area (Å²) in [5.41, 5.74) is 0.311. The number of nitrogens with zero attached hydrogens (tertiary/aromatic N) is 1. The van der Waals surface area contributed by atoms with Gasteiger partial charge in [-0.1, -0.05) is 39.0 Å². The lowest BCUT2D eigenvalue weighted by atomic mass is 9.78. The molecule has 1 unspecified atom stereocenters. The molecule has 1 saturated heterocycles. The number of likely N-dealkylation sites (N-methyl/N-ethyl adjacent to an activating group) is 1. The topological polar surface area (TPSA) is 15.3 Å². The van der Waals surface area contributed by atoms with E-state index in [-0.39, 0.29) is 0 Å². The number of rotatable bonds is 5. The molecule has 20 heavy (non-hydrogen) atoms. The van der Waals surface area contributed by atoms with Gasteiger partial charge in [-0.15, -0.1) is 0 Å².